The predicted molar refractivity (Wildman–Crippen MR) is 116 cm³/mol. The van der Waals surface area contributed by atoms with Gasteiger partial charge in [0.1, 0.15) is 12.0 Å². The molecule has 160 valence electrons. The number of pyridine rings is 1. The molecule has 10 nitrogen and oxygen atoms in total. The molecule has 4 heterocycles. The summed E-state index contributed by atoms with van der Waals surface area (Å²) in [6.07, 6.45) is 9.33. The molecule has 0 aromatic carbocycles. The van der Waals surface area contributed by atoms with Crippen molar-refractivity contribution in [3.05, 3.63) is 30.9 Å². The lowest BCUT2D eigenvalue weighted by molar-refractivity contribution is -0.119. The van der Waals surface area contributed by atoms with Crippen molar-refractivity contribution < 1.29 is 9.53 Å². The van der Waals surface area contributed by atoms with Crippen LogP contribution >= 0.6 is 0 Å². The first-order valence-electron chi connectivity index (χ1n) is 10.4. The van der Waals surface area contributed by atoms with Gasteiger partial charge in [-0.15, -0.1) is 10.2 Å². The Labute approximate surface area is 178 Å². The van der Waals surface area contributed by atoms with Crippen LogP contribution in [0, 0.1) is 0 Å². The Hall–Kier alpha value is -3.69. The van der Waals surface area contributed by atoms with Crippen molar-refractivity contribution in [2.75, 3.05) is 12.4 Å². The van der Waals surface area contributed by atoms with Gasteiger partial charge in [-0.05, 0) is 37.8 Å². The largest absolute Gasteiger partial charge is 0.480 e. The van der Waals surface area contributed by atoms with Gasteiger partial charge in [-0.25, -0.2) is 0 Å². The summed E-state index contributed by atoms with van der Waals surface area (Å²) >= 11 is 0. The van der Waals surface area contributed by atoms with Crippen LogP contribution in [-0.2, 0) is 4.79 Å². The fourth-order valence-corrected chi connectivity index (χ4v) is 4.28. The van der Waals surface area contributed by atoms with Crippen molar-refractivity contribution in [3.8, 4) is 17.0 Å². The Balaban J connectivity index is 1.40. The highest BCUT2D eigenvalue weighted by Gasteiger charge is 2.23. The Morgan fingerprint density at radius 1 is 1.19 bits per heavy atom. The van der Waals surface area contributed by atoms with Crippen LogP contribution in [0.3, 0.4) is 0 Å². The third-order valence-corrected chi connectivity index (χ3v) is 5.76. The first-order chi connectivity index (χ1) is 15.1. The van der Waals surface area contributed by atoms with E-state index in [1.165, 1.54) is 0 Å². The van der Waals surface area contributed by atoms with Crippen LogP contribution in [0.2, 0.25) is 0 Å². The molecule has 5 rings (SSSR count). The summed E-state index contributed by atoms with van der Waals surface area (Å²) < 4.78 is 7.49. The van der Waals surface area contributed by atoms with Crippen LogP contribution in [0.4, 0.5) is 5.95 Å². The molecule has 0 unspecified atom stereocenters. The van der Waals surface area contributed by atoms with E-state index in [4.69, 9.17) is 4.74 Å². The lowest BCUT2D eigenvalue weighted by Gasteiger charge is -2.29. The number of nitrogens with zero attached hydrogens (tertiary/aromatic N) is 5. The average Bonchev–Trinajstić information content (AvgIpc) is 3.40. The van der Waals surface area contributed by atoms with Gasteiger partial charge in [0.05, 0.1) is 12.5 Å². The number of amides is 1. The average molecular weight is 420 g/mol. The number of carbonyl (C=O) groups excluding carboxylic acids is 1. The number of H-pyrrole nitrogens is 1. The zero-order valence-corrected chi connectivity index (χ0v) is 17.4. The smallest absolute Gasteiger partial charge is 0.228 e. The van der Waals surface area contributed by atoms with Crippen LogP contribution in [-0.4, -0.2) is 54.7 Å². The molecule has 4 aromatic heterocycles. The number of aromatic nitrogens is 6. The standard InChI is InChI=1S/C21H24N8O2/c1-12(30)24-14-4-6-15(7-5-14)25-21-26-19-18(20(27-21)31-2)16(9-22-19)13-3-8-17-28-23-11-29(17)10-13/h3,8-11,14-15H,4-7H2,1-2H3,(H,24,30)(H2,22,25,26,27). The van der Waals surface area contributed by atoms with Crippen molar-refractivity contribution >= 4 is 28.5 Å². The summed E-state index contributed by atoms with van der Waals surface area (Å²) in [6, 6.07) is 4.42. The van der Waals surface area contributed by atoms with E-state index < -0.39 is 0 Å². The lowest BCUT2D eigenvalue weighted by Crippen LogP contribution is -2.39. The topological polar surface area (TPSA) is 122 Å². The first-order valence-corrected chi connectivity index (χ1v) is 10.4. The van der Waals surface area contributed by atoms with E-state index in [1.54, 1.807) is 20.4 Å². The van der Waals surface area contributed by atoms with Gasteiger partial charge in [0.2, 0.25) is 17.7 Å². The van der Waals surface area contributed by atoms with E-state index in [2.05, 4.69) is 35.8 Å². The van der Waals surface area contributed by atoms with Gasteiger partial charge >= 0.3 is 0 Å². The normalized spacial score (nSPS) is 18.9. The number of hydrogen-bond acceptors (Lipinski definition) is 7. The van der Waals surface area contributed by atoms with E-state index in [0.29, 0.717) is 17.5 Å². The molecule has 1 fully saturated rings. The Kier molecular flexibility index (Phi) is 4.89. The second-order valence-electron chi connectivity index (χ2n) is 7.89. The Bertz CT molecular complexity index is 1240. The first kappa shape index (κ1) is 19.3. The van der Waals surface area contributed by atoms with Crippen molar-refractivity contribution in [1.82, 2.24) is 34.9 Å². The minimum Gasteiger partial charge on any atom is -0.480 e. The fraction of sp³-hybridized carbons (Fsp3) is 0.381. The van der Waals surface area contributed by atoms with Crippen molar-refractivity contribution in [3.63, 3.8) is 0 Å². The summed E-state index contributed by atoms with van der Waals surface area (Å²) in [7, 11) is 1.62. The van der Waals surface area contributed by atoms with Crippen LogP contribution in [0.5, 0.6) is 5.88 Å². The molecule has 0 saturated heterocycles. The number of methoxy groups -OCH3 is 1. The number of rotatable bonds is 5. The number of hydrogen-bond donors (Lipinski definition) is 3. The van der Waals surface area contributed by atoms with Crippen LogP contribution in [0.15, 0.2) is 30.9 Å². The van der Waals surface area contributed by atoms with E-state index in [9.17, 15) is 4.79 Å². The molecule has 1 aliphatic rings. The maximum atomic E-state index is 11.3. The second kappa shape index (κ2) is 7.86. The molecule has 0 radical (unpaired) electrons. The van der Waals surface area contributed by atoms with Gasteiger partial charge in [0, 0.05) is 42.5 Å². The monoisotopic (exact) mass is 420 g/mol. The Morgan fingerprint density at radius 2 is 2.00 bits per heavy atom. The molecule has 0 spiro atoms. The molecule has 1 saturated carbocycles. The van der Waals surface area contributed by atoms with Gasteiger partial charge in [-0.1, -0.05) is 0 Å². The highest BCUT2D eigenvalue weighted by atomic mass is 16.5. The van der Waals surface area contributed by atoms with Gasteiger partial charge in [0.15, 0.2) is 5.65 Å². The maximum absolute atomic E-state index is 11.3. The number of nitrogens with one attached hydrogen (secondary N) is 3. The third-order valence-electron chi connectivity index (χ3n) is 5.76. The maximum Gasteiger partial charge on any atom is 0.228 e. The molecule has 3 N–H and O–H groups in total. The molecular formula is C21H24N8O2. The highest BCUT2D eigenvalue weighted by molar-refractivity contribution is 5.97. The number of aromatic amines is 1. The second-order valence-corrected chi connectivity index (χ2v) is 7.89. The van der Waals surface area contributed by atoms with Gasteiger partial charge in [-0.3, -0.25) is 9.20 Å². The quantitative estimate of drug-likeness (QED) is 0.453. The number of anilines is 1. The molecule has 0 aliphatic heterocycles. The molecule has 0 bridgehead atoms. The minimum atomic E-state index is 0.0286. The lowest BCUT2D eigenvalue weighted by atomic mass is 9.91. The van der Waals surface area contributed by atoms with Gasteiger partial charge in [-0.2, -0.15) is 9.97 Å². The van der Waals surface area contributed by atoms with Gasteiger partial charge in [0.25, 0.3) is 0 Å². The van der Waals surface area contributed by atoms with E-state index in [1.807, 2.05) is 28.9 Å². The van der Waals surface area contributed by atoms with Crippen LogP contribution in [0.1, 0.15) is 32.6 Å². The van der Waals surface area contributed by atoms with Crippen molar-refractivity contribution in [2.45, 2.75) is 44.7 Å². The highest BCUT2D eigenvalue weighted by Crippen LogP contribution is 2.34. The molecule has 10 heteroatoms. The minimum absolute atomic E-state index is 0.0286. The fourth-order valence-electron chi connectivity index (χ4n) is 4.28. The Morgan fingerprint density at radius 3 is 2.77 bits per heavy atom. The van der Waals surface area contributed by atoms with Crippen LogP contribution in [0.25, 0.3) is 27.8 Å². The SMILES string of the molecule is COc1nc(NC2CCC(NC(C)=O)CC2)nc2[nH]cc(-c3ccc4nncn4c3)c12. The van der Waals surface area contributed by atoms with Crippen LogP contribution < -0.4 is 15.4 Å². The van der Waals surface area contributed by atoms with E-state index in [0.717, 1.165) is 47.8 Å². The van der Waals surface area contributed by atoms with Crippen molar-refractivity contribution in [1.29, 1.82) is 0 Å². The summed E-state index contributed by atoms with van der Waals surface area (Å²) in [5.41, 5.74) is 3.42. The third kappa shape index (κ3) is 3.76. The zero-order valence-electron chi connectivity index (χ0n) is 17.4. The zero-order chi connectivity index (χ0) is 21.4. The van der Waals surface area contributed by atoms with E-state index in [-0.39, 0.29) is 18.0 Å². The molecule has 0 atom stereocenters. The summed E-state index contributed by atoms with van der Waals surface area (Å²) in [5.74, 6) is 1.08. The van der Waals surface area contributed by atoms with Crippen molar-refractivity contribution in [2.24, 2.45) is 0 Å². The molecule has 1 aliphatic carbocycles. The number of ether oxygens (including phenoxy) is 1. The molecule has 4 aromatic rings. The van der Waals surface area contributed by atoms with Gasteiger partial charge < -0.3 is 20.4 Å². The number of carbonyl (C=O) groups is 1. The molecule has 31 heavy (non-hydrogen) atoms. The van der Waals surface area contributed by atoms with E-state index >= 15 is 0 Å². The summed E-state index contributed by atoms with van der Waals surface area (Å²) in [6.45, 7) is 1.56. The predicted octanol–water partition coefficient (Wildman–Crippen LogP) is 2.54. The molecule has 1 amide bonds. The number of fused-ring (bicyclic) bond motifs is 2. The summed E-state index contributed by atoms with van der Waals surface area (Å²) in [5, 5.41) is 15.3. The molecular weight excluding hydrogens is 396 g/mol. The summed E-state index contributed by atoms with van der Waals surface area (Å²) in [4.78, 5) is 23.8.